The van der Waals surface area contributed by atoms with Crippen molar-refractivity contribution < 1.29 is 14.3 Å². The summed E-state index contributed by atoms with van der Waals surface area (Å²) in [6.45, 7) is 11.4. The maximum absolute atomic E-state index is 10.5. The van der Waals surface area contributed by atoms with Gasteiger partial charge in [0.2, 0.25) is 9.04 Å². The molecule has 1 aromatic heterocycles. The topological polar surface area (TPSA) is 51.6 Å². The smallest absolute Gasteiger partial charge is 0.205 e. The zero-order chi connectivity index (χ0) is 17.0. The molecule has 5 heteroatoms. The lowest BCUT2D eigenvalue weighted by atomic mass is 9.82. The molecule has 0 amide bonds. The average Bonchev–Trinajstić information content (AvgIpc) is 2.85. The number of hydrogen-bond donors (Lipinski definition) is 1. The highest BCUT2D eigenvalue weighted by atomic mass is 28.3. The van der Waals surface area contributed by atoms with Crippen LogP contribution in [0, 0.1) is 11.3 Å². The van der Waals surface area contributed by atoms with Gasteiger partial charge in [-0.25, -0.2) is 0 Å². The van der Waals surface area contributed by atoms with Crippen molar-refractivity contribution in [1.29, 1.82) is 0 Å². The molecule has 0 spiro atoms. The normalized spacial score (nSPS) is 26.7. The van der Waals surface area contributed by atoms with E-state index in [4.69, 9.17) is 9.16 Å². The molecule has 1 unspecified atom stereocenters. The summed E-state index contributed by atoms with van der Waals surface area (Å²) in [7, 11) is -0.847. The monoisotopic (exact) mass is 336 g/mol. The first-order valence-electron chi connectivity index (χ1n) is 8.44. The van der Waals surface area contributed by atoms with Crippen LogP contribution >= 0.6 is 0 Å². The Kier molecular flexibility index (Phi) is 6.37. The molecule has 0 aliphatic carbocycles. The van der Waals surface area contributed by atoms with E-state index < -0.39 is 15.1 Å². The van der Waals surface area contributed by atoms with Crippen LogP contribution in [0.2, 0.25) is 13.1 Å². The van der Waals surface area contributed by atoms with Crippen LogP contribution in [0.5, 0.6) is 0 Å². The summed E-state index contributed by atoms with van der Waals surface area (Å²) >= 11 is 0. The third-order valence-corrected chi connectivity index (χ3v) is 5.02. The molecule has 1 saturated heterocycles. The van der Waals surface area contributed by atoms with Crippen LogP contribution in [0.3, 0.4) is 0 Å². The lowest BCUT2D eigenvalue weighted by molar-refractivity contribution is 0.0175. The van der Waals surface area contributed by atoms with Crippen molar-refractivity contribution in [3.63, 3.8) is 0 Å². The molecular weight excluding hydrogens is 306 g/mol. The van der Waals surface area contributed by atoms with Gasteiger partial charge in [-0.1, -0.05) is 26.8 Å². The van der Waals surface area contributed by atoms with Crippen molar-refractivity contribution in [2.24, 2.45) is 11.3 Å². The van der Waals surface area contributed by atoms with E-state index >= 15 is 0 Å². The molecule has 0 bridgehead atoms. The Balaban J connectivity index is 2.19. The number of aliphatic hydroxyl groups is 1. The summed E-state index contributed by atoms with van der Waals surface area (Å²) in [5.74, 6) is -0.0264. The third-order valence-electron chi connectivity index (χ3n) is 4.25. The minimum absolute atomic E-state index is 0.0264. The summed E-state index contributed by atoms with van der Waals surface area (Å²) < 4.78 is 12.2. The van der Waals surface area contributed by atoms with Gasteiger partial charge in [-0.2, -0.15) is 0 Å². The van der Waals surface area contributed by atoms with Gasteiger partial charge in [0, 0.05) is 18.3 Å². The molecule has 1 radical (unpaired) electrons. The summed E-state index contributed by atoms with van der Waals surface area (Å²) in [5, 5.41) is 10.5. The number of pyridine rings is 1. The Bertz CT molecular complexity index is 475. The van der Waals surface area contributed by atoms with Crippen molar-refractivity contribution in [2.45, 2.75) is 65.0 Å². The number of nitrogens with zero attached hydrogens (tertiary/aromatic N) is 1. The van der Waals surface area contributed by atoms with Crippen LogP contribution < -0.4 is 0 Å². The molecule has 0 aromatic carbocycles. The Morgan fingerprint density at radius 2 is 2.17 bits per heavy atom. The molecule has 2 heterocycles. The summed E-state index contributed by atoms with van der Waals surface area (Å²) in [4.78, 5) is 4.20. The highest BCUT2D eigenvalue weighted by Gasteiger charge is 2.43. The van der Waals surface area contributed by atoms with Gasteiger partial charge in [0.05, 0.1) is 24.9 Å². The zero-order valence-electron chi connectivity index (χ0n) is 15.0. The van der Waals surface area contributed by atoms with Crippen LogP contribution in [0.1, 0.15) is 45.3 Å². The van der Waals surface area contributed by atoms with Gasteiger partial charge >= 0.3 is 0 Å². The second-order valence-corrected chi connectivity index (χ2v) is 9.90. The molecule has 4 atom stereocenters. The first-order chi connectivity index (χ1) is 10.8. The lowest BCUT2D eigenvalue weighted by Gasteiger charge is -2.33. The van der Waals surface area contributed by atoms with Crippen LogP contribution in [0.25, 0.3) is 0 Å². The summed E-state index contributed by atoms with van der Waals surface area (Å²) in [6.07, 6.45) is 5.02. The highest BCUT2D eigenvalue weighted by Crippen LogP contribution is 2.40. The standard InChI is InChI=1S/C18H30NO3Si/c1-18(2,3)9-8-15(22-23(4)5)16-14(20)12-21-17(16)13-7-6-10-19-11-13/h6-7,10-11,14-17,20H,8-9,12H2,1-5H3/t14-,15?,16+,17+/m1/s1. The molecule has 23 heavy (non-hydrogen) atoms. The van der Waals surface area contributed by atoms with E-state index in [0.717, 1.165) is 18.4 Å². The molecule has 129 valence electrons. The quantitative estimate of drug-likeness (QED) is 0.807. The first kappa shape index (κ1) is 18.6. The van der Waals surface area contributed by atoms with Crippen molar-refractivity contribution in [3.8, 4) is 0 Å². The van der Waals surface area contributed by atoms with E-state index in [9.17, 15) is 5.11 Å². The fraction of sp³-hybridized carbons (Fsp3) is 0.722. The maximum Gasteiger partial charge on any atom is 0.205 e. The molecule has 2 rings (SSSR count). The fourth-order valence-electron chi connectivity index (χ4n) is 3.14. The lowest BCUT2D eigenvalue weighted by Crippen LogP contribution is -2.37. The van der Waals surface area contributed by atoms with E-state index in [2.05, 4.69) is 38.8 Å². The van der Waals surface area contributed by atoms with Gasteiger partial charge in [-0.3, -0.25) is 4.98 Å². The largest absolute Gasteiger partial charge is 0.414 e. The summed E-state index contributed by atoms with van der Waals surface area (Å²) in [6, 6.07) is 3.94. The van der Waals surface area contributed by atoms with Crippen molar-refractivity contribution >= 4 is 9.04 Å². The number of aromatic nitrogens is 1. The van der Waals surface area contributed by atoms with Crippen molar-refractivity contribution in [3.05, 3.63) is 30.1 Å². The fourth-order valence-corrected chi connectivity index (χ4v) is 4.02. The Morgan fingerprint density at radius 1 is 1.43 bits per heavy atom. The molecule has 1 N–H and O–H groups in total. The van der Waals surface area contributed by atoms with Crippen molar-refractivity contribution in [1.82, 2.24) is 4.98 Å². The molecule has 1 fully saturated rings. The molecule has 0 saturated carbocycles. The second-order valence-electron chi connectivity index (χ2n) is 7.85. The van der Waals surface area contributed by atoms with Crippen LogP contribution in [0.4, 0.5) is 0 Å². The van der Waals surface area contributed by atoms with E-state index in [0.29, 0.717) is 6.61 Å². The van der Waals surface area contributed by atoms with Gasteiger partial charge in [-0.15, -0.1) is 0 Å². The number of ether oxygens (including phenoxy) is 1. The molecule has 1 aliphatic heterocycles. The second kappa shape index (κ2) is 7.88. The number of aliphatic hydroxyl groups excluding tert-OH is 1. The van der Waals surface area contributed by atoms with E-state index in [1.807, 2.05) is 18.3 Å². The van der Waals surface area contributed by atoms with E-state index in [1.165, 1.54) is 0 Å². The molecular formula is C18H30NO3Si. The van der Waals surface area contributed by atoms with Crippen LogP contribution in [-0.4, -0.2) is 37.9 Å². The van der Waals surface area contributed by atoms with Gasteiger partial charge < -0.3 is 14.3 Å². The number of rotatable bonds is 6. The van der Waals surface area contributed by atoms with Crippen LogP contribution in [0.15, 0.2) is 24.5 Å². The van der Waals surface area contributed by atoms with Crippen LogP contribution in [-0.2, 0) is 9.16 Å². The molecule has 4 nitrogen and oxygen atoms in total. The molecule has 1 aliphatic rings. The van der Waals surface area contributed by atoms with Crippen molar-refractivity contribution in [2.75, 3.05) is 6.61 Å². The predicted molar refractivity (Wildman–Crippen MR) is 93.5 cm³/mol. The Hall–Kier alpha value is -0.753. The summed E-state index contributed by atoms with van der Waals surface area (Å²) in [5.41, 5.74) is 1.28. The minimum atomic E-state index is -0.847. The predicted octanol–water partition coefficient (Wildman–Crippen LogP) is 3.59. The van der Waals surface area contributed by atoms with E-state index in [1.54, 1.807) is 6.20 Å². The van der Waals surface area contributed by atoms with Gasteiger partial charge in [0.1, 0.15) is 0 Å². The third kappa shape index (κ3) is 5.38. The number of hydrogen-bond acceptors (Lipinski definition) is 4. The highest BCUT2D eigenvalue weighted by molar-refractivity contribution is 6.48. The van der Waals surface area contributed by atoms with Gasteiger partial charge in [-0.05, 0) is 43.0 Å². The van der Waals surface area contributed by atoms with Gasteiger partial charge in [0.15, 0.2) is 0 Å². The maximum atomic E-state index is 10.5. The van der Waals surface area contributed by atoms with E-state index in [-0.39, 0.29) is 23.5 Å². The minimum Gasteiger partial charge on any atom is -0.414 e. The van der Waals surface area contributed by atoms with Gasteiger partial charge in [0.25, 0.3) is 0 Å². The Labute approximate surface area is 142 Å². The zero-order valence-corrected chi connectivity index (χ0v) is 16.0. The SMILES string of the molecule is C[Si](C)OC(CCC(C)(C)C)[C@@H]1[C@H](O)CO[C@H]1c1cccnc1. The Morgan fingerprint density at radius 3 is 2.74 bits per heavy atom. The first-order valence-corrected chi connectivity index (χ1v) is 10.8. The molecule has 1 aromatic rings. The average molecular weight is 337 g/mol.